The van der Waals surface area contributed by atoms with Gasteiger partial charge in [-0.15, -0.1) is 11.8 Å². The molecule has 0 aromatic carbocycles. The van der Waals surface area contributed by atoms with Crippen molar-refractivity contribution < 1.29 is 19.1 Å². The van der Waals surface area contributed by atoms with Crippen LogP contribution in [0.5, 0.6) is 0 Å². The number of hydrogen-bond donors (Lipinski definition) is 0. The van der Waals surface area contributed by atoms with Gasteiger partial charge in [0.2, 0.25) is 0 Å². The molecule has 16 heavy (non-hydrogen) atoms. The van der Waals surface area contributed by atoms with Crippen molar-refractivity contribution in [3.63, 3.8) is 0 Å². The molecule has 1 heterocycles. The maximum atomic E-state index is 11.5. The number of methoxy groups -OCH3 is 2. The van der Waals surface area contributed by atoms with Crippen LogP contribution in [0, 0.1) is 11.8 Å². The number of hydrogen-bond acceptors (Lipinski definition) is 5. The zero-order valence-electron chi connectivity index (χ0n) is 9.69. The second-order valence-electron chi connectivity index (χ2n) is 3.71. The molecule has 1 aliphatic rings. The molecule has 0 amide bonds. The number of rotatable bonds is 2. The lowest BCUT2D eigenvalue weighted by atomic mass is 9.93. The van der Waals surface area contributed by atoms with Crippen LogP contribution < -0.4 is 0 Å². The van der Waals surface area contributed by atoms with E-state index in [1.165, 1.54) is 26.0 Å². The van der Waals surface area contributed by atoms with Crippen LogP contribution in [0.2, 0.25) is 0 Å². The Balaban J connectivity index is 2.70. The quantitative estimate of drug-likeness (QED) is 0.691. The smallest absolute Gasteiger partial charge is 0.343 e. The highest BCUT2D eigenvalue weighted by atomic mass is 32.2. The van der Waals surface area contributed by atoms with Crippen LogP contribution in [0.1, 0.15) is 13.3 Å². The largest absolute Gasteiger partial charge is 0.469 e. The fourth-order valence-electron chi connectivity index (χ4n) is 1.55. The molecule has 0 bridgehead atoms. The zero-order chi connectivity index (χ0) is 12.1. The highest BCUT2D eigenvalue weighted by molar-refractivity contribution is 8.04. The van der Waals surface area contributed by atoms with E-state index in [0.717, 1.165) is 0 Å². The molecule has 0 aromatic heterocycles. The summed E-state index contributed by atoms with van der Waals surface area (Å²) in [6.07, 6.45) is 2.53. The van der Waals surface area contributed by atoms with Crippen molar-refractivity contribution in [1.29, 1.82) is 0 Å². The summed E-state index contributed by atoms with van der Waals surface area (Å²) >= 11 is 1.36. The molecule has 0 N–H and O–H groups in total. The van der Waals surface area contributed by atoms with Crippen LogP contribution in [-0.2, 0) is 19.1 Å². The van der Waals surface area contributed by atoms with Crippen LogP contribution in [0.4, 0.5) is 0 Å². The van der Waals surface area contributed by atoms with Crippen molar-refractivity contribution in [3.05, 3.63) is 11.0 Å². The topological polar surface area (TPSA) is 52.6 Å². The summed E-state index contributed by atoms with van der Waals surface area (Å²) in [5, 5.41) is 0. The van der Waals surface area contributed by atoms with Crippen LogP contribution in [0.15, 0.2) is 11.0 Å². The Morgan fingerprint density at radius 1 is 1.38 bits per heavy atom. The third kappa shape index (κ3) is 3.01. The minimum atomic E-state index is -0.331. The van der Waals surface area contributed by atoms with Crippen molar-refractivity contribution in [2.24, 2.45) is 11.8 Å². The molecular formula is C11H16O4S. The van der Waals surface area contributed by atoms with Gasteiger partial charge in [0, 0.05) is 5.75 Å². The van der Waals surface area contributed by atoms with E-state index in [1.807, 2.05) is 13.0 Å². The van der Waals surface area contributed by atoms with Crippen LogP contribution >= 0.6 is 11.8 Å². The van der Waals surface area contributed by atoms with Gasteiger partial charge < -0.3 is 9.47 Å². The highest BCUT2D eigenvalue weighted by Crippen LogP contribution is 2.31. The van der Waals surface area contributed by atoms with Gasteiger partial charge in [-0.2, -0.15) is 0 Å². The molecule has 0 spiro atoms. The molecule has 90 valence electrons. The second kappa shape index (κ2) is 5.94. The number of ether oxygens (including phenoxy) is 2. The van der Waals surface area contributed by atoms with E-state index >= 15 is 0 Å². The molecular weight excluding hydrogens is 228 g/mol. The molecule has 0 saturated carbocycles. The van der Waals surface area contributed by atoms with Crippen LogP contribution in [0.25, 0.3) is 0 Å². The number of thioether (sulfide) groups is 1. The van der Waals surface area contributed by atoms with Gasteiger partial charge in [0.25, 0.3) is 0 Å². The number of esters is 2. The molecule has 0 aliphatic carbocycles. The van der Waals surface area contributed by atoms with Gasteiger partial charge >= 0.3 is 11.9 Å². The van der Waals surface area contributed by atoms with Crippen molar-refractivity contribution in [2.75, 3.05) is 20.0 Å². The van der Waals surface area contributed by atoms with Gasteiger partial charge in [0.1, 0.15) is 0 Å². The summed E-state index contributed by atoms with van der Waals surface area (Å²) in [6.45, 7) is 1.98. The van der Waals surface area contributed by atoms with Gasteiger partial charge in [0.05, 0.1) is 25.0 Å². The SMILES string of the molecule is COC(=O)C1=CC[C@@H](C)C(C(=O)OC)CS1. The minimum absolute atomic E-state index is 0.159. The predicted octanol–water partition coefficient (Wildman–Crippen LogP) is 1.61. The lowest BCUT2D eigenvalue weighted by Gasteiger charge is -2.17. The molecule has 0 fully saturated rings. The minimum Gasteiger partial charge on any atom is -0.469 e. The summed E-state index contributed by atoms with van der Waals surface area (Å²) in [5.41, 5.74) is 0. The predicted molar refractivity (Wildman–Crippen MR) is 61.8 cm³/mol. The maximum Gasteiger partial charge on any atom is 0.343 e. The van der Waals surface area contributed by atoms with Crippen molar-refractivity contribution in [2.45, 2.75) is 13.3 Å². The Hall–Kier alpha value is -0.970. The molecule has 1 aliphatic heterocycles. The first kappa shape index (κ1) is 13.1. The van der Waals surface area contributed by atoms with Crippen molar-refractivity contribution in [3.8, 4) is 0 Å². The Labute approximate surface area is 99.4 Å². The van der Waals surface area contributed by atoms with E-state index in [-0.39, 0.29) is 23.8 Å². The molecule has 5 heteroatoms. The Bertz CT molecular complexity index is 311. The molecule has 1 rings (SSSR count). The maximum absolute atomic E-state index is 11.5. The van der Waals surface area contributed by atoms with Crippen LogP contribution in [0.3, 0.4) is 0 Å². The summed E-state index contributed by atoms with van der Waals surface area (Å²) in [5.74, 6) is 0.0483. The lowest BCUT2D eigenvalue weighted by molar-refractivity contribution is -0.146. The fourth-order valence-corrected chi connectivity index (χ4v) is 2.79. The molecule has 0 radical (unpaired) electrons. The lowest BCUT2D eigenvalue weighted by Crippen LogP contribution is -2.24. The monoisotopic (exact) mass is 244 g/mol. The third-order valence-electron chi connectivity index (χ3n) is 2.67. The van der Waals surface area contributed by atoms with Gasteiger partial charge in [-0.3, -0.25) is 4.79 Å². The number of carbonyl (C=O) groups is 2. The number of allylic oxidation sites excluding steroid dienone is 1. The number of carbonyl (C=O) groups excluding carboxylic acids is 2. The van der Waals surface area contributed by atoms with E-state index in [1.54, 1.807) is 0 Å². The summed E-state index contributed by atoms with van der Waals surface area (Å²) in [4.78, 5) is 23.4. The first-order valence-corrected chi connectivity index (χ1v) is 6.07. The zero-order valence-corrected chi connectivity index (χ0v) is 10.5. The summed E-state index contributed by atoms with van der Waals surface area (Å²) < 4.78 is 9.40. The first-order valence-electron chi connectivity index (χ1n) is 5.09. The highest BCUT2D eigenvalue weighted by Gasteiger charge is 2.29. The van der Waals surface area contributed by atoms with E-state index in [2.05, 4.69) is 4.74 Å². The Morgan fingerprint density at radius 2 is 2.06 bits per heavy atom. The third-order valence-corrected chi connectivity index (χ3v) is 3.84. The second-order valence-corrected chi connectivity index (χ2v) is 4.78. The van der Waals surface area contributed by atoms with E-state index in [9.17, 15) is 9.59 Å². The van der Waals surface area contributed by atoms with E-state index in [4.69, 9.17) is 4.74 Å². The Morgan fingerprint density at radius 3 is 2.62 bits per heavy atom. The molecule has 2 atom stereocenters. The summed E-state index contributed by atoms with van der Waals surface area (Å²) in [7, 11) is 2.75. The average Bonchev–Trinajstić information content (AvgIpc) is 2.49. The van der Waals surface area contributed by atoms with Crippen molar-refractivity contribution in [1.82, 2.24) is 0 Å². The Kier molecular flexibility index (Phi) is 4.86. The van der Waals surface area contributed by atoms with E-state index < -0.39 is 0 Å². The summed E-state index contributed by atoms with van der Waals surface area (Å²) in [6, 6.07) is 0. The molecule has 0 aromatic rings. The van der Waals surface area contributed by atoms with E-state index in [0.29, 0.717) is 17.1 Å². The normalized spacial score (nSPS) is 25.3. The first-order chi connectivity index (χ1) is 7.60. The van der Waals surface area contributed by atoms with Gasteiger partial charge in [-0.25, -0.2) is 4.79 Å². The fraction of sp³-hybridized carbons (Fsp3) is 0.636. The molecule has 1 unspecified atom stereocenters. The molecule has 4 nitrogen and oxygen atoms in total. The average molecular weight is 244 g/mol. The molecule has 0 saturated heterocycles. The van der Waals surface area contributed by atoms with Gasteiger partial charge in [-0.05, 0) is 12.3 Å². The standard InChI is InChI=1S/C11H16O4S/c1-7-4-5-9(11(13)15-3)16-6-8(7)10(12)14-2/h5,7-8H,4,6H2,1-3H3/t7-,8?/m1/s1. The van der Waals surface area contributed by atoms with Gasteiger partial charge in [-0.1, -0.05) is 13.0 Å². The van der Waals surface area contributed by atoms with Crippen LogP contribution in [-0.4, -0.2) is 31.9 Å². The van der Waals surface area contributed by atoms with Gasteiger partial charge in [0.15, 0.2) is 0 Å². The van der Waals surface area contributed by atoms with Crippen molar-refractivity contribution >= 4 is 23.7 Å².